The molecule has 15 heavy (non-hydrogen) atoms. The average Bonchev–Trinajstić information content (AvgIpc) is 2.27. The van der Waals surface area contributed by atoms with Gasteiger partial charge in [0.05, 0.1) is 5.92 Å². The molecular formula is C10H18N2O3. The van der Waals surface area contributed by atoms with E-state index < -0.39 is 5.97 Å². The zero-order valence-electron chi connectivity index (χ0n) is 9.27. The standard InChI is InChI=1S/C10H18N2O3/c1-3-11(2)10(15)12-6-4-8(5-7-12)9(13)14/h8H,3-7H2,1-2H3,(H,13,14). The van der Waals surface area contributed by atoms with Crippen LogP contribution in [0.5, 0.6) is 0 Å². The third-order valence-corrected chi connectivity index (χ3v) is 2.92. The first-order chi connectivity index (χ1) is 7.06. The zero-order chi connectivity index (χ0) is 11.4. The van der Waals surface area contributed by atoms with Gasteiger partial charge in [0.2, 0.25) is 0 Å². The van der Waals surface area contributed by atoms with Crippen molar-refractivity contribution < 1.29 is 14.7 Å². The van der Waals surface area contributed by atoms with Gasteiger partial charge in [-0.1, -0.05) is 0 Å². The van der Waals surface area contributed by atoms with E-state index in [2.05, 4.69) is 0 Å². The Balaban J connectivity index is 2.43. The van der Waals surface area contributed by atoms with Crippen molar-refractivity contribution in [2.75, 3.05) is 26.7 Å². The van der Waals surface area contributed by atoms with Gasteiger partial charge in [-0.05, 0) is 19.8 Å². The Kier molecular flexibility index (Phi) is 3.94. The summed E-state index contributed by atoms with van der Waals surface area (Å²) < 4.78 is 0. The van der Waals surface area contributed by atoms with Crippen LogP contribution in [0.2, 0.25) is 0 Å². The lowest BCUT2D eigenvalue weighted by molar-refractivity contribution is -0.143. The van der Waals surface area contributed by atoms with Crippen LogP contribution in [-0.2, 0) is 4.79 Å². The number of carboxylic acid groups (broad SMARTS) is 1. The lowest BCUT2D eigenvalue weighted by Crippen LogP contribution is -2.46. The van der Waals surface area contributed by atoms with Crippen molar-refractivity contribution >= 4 is 12.0 Å². The van der Waals surface area contributed by atoms with Gasteiger partial charge in [-0.15, -0.1) is 0 Å². The molecule has 1 aliphatic heterocycles. The van der Waals surface area contributed by atoms with Crippen molar-refractivity contribution in [2.45, 2.75) is 19.8 Å². The molecule has 1 aliphatic rings. The van der Waals surface area contributed by atoms with E-state index in [9.17, 15) is 9.59 Å². The van der Waals surface area contributed by atoms with Crippen LogP contribution < -0.4 is 0 Å². The summed E-state index contributed by atoms with van der Waals surface area (Å²) in [6.07, 6.45) is 1.14. The third-order valence-electron chi connectivity index (χ3n) is 2.92. The Hall–Kier alpha value is -1.26. The van der Waals surface area contributed by atoms with E-state index in [1.54, 1.807) is 16.8 Å². The Morgan fingerprint density at radius 1 is 1.40 bits per heavy atom. The number of carbonyl (C=O) groups is 2. The Morgan fingerprint density at radius 2 is 1.93 bits per heavy atom. The maximum absolute atomic E-state index is 11.7. The molecule has 2 amide bonds. The molecule has 0 aliphatic carbocycles. The van der Waals surface area contributed by atoms with Crippen molar-refractivity contribution in [3.63, 3.8) is 0 Å². The van der Waals surface area contributed by atoms with Gasteiger partial charge in [0.25, 0.3) is 0 Å². The molecule has 0 aromatic carbocycles. The topological polar surface area (TPSA) is 60.9 Å². The summed E-state index contributed by atoms with van der Waals surface area (Å²) in [4.78, 5) is 25.8. The molecule has 0 saturated carbocycles. The Morgan fingerprint density at radius 3 is 2.33 bits per heavy atom. The molecule has 1 N–H and O–H groups in total. The van der Waals surface area contributed by atoms with Gasteiger partial charge in [-0.2, -0.15) is 0 Å². The van der Waals surface area contributed by atoms with Crippen molar-refractivity contribution in [3.05, 3.63) is 0 Å². The second kappa shape index (κ2) is 5.00. The van der Waals surface area contributed by atoms with E-state index in [-0.39, 0.29) is 11.9 Å². The fourth-order valence-electron chi connectivity index (χ4n) is 1.69. The van der Waals surface area contributed by atoms with Gasteiger partial charge in [0.15, 0.2) is 0 Å². The first kappa shape index (κ1) is 11.8. The van der Waals surface area contributed by atoms with Crippen LogP contribution in [0.3, 0.4) is 0 Å². The van der Waals surface area contributed by atoms with Gasteiger partial charge in [0.1, 0.15) is 0 Å². The number of rotatable bonds is 2. The SMILES string of the molecule is CCN(C)C(=O)N1CCC(C(=O)O)CC1. The van der Waals surface area contributed by atoms with E-state index in [1.165, 1.54) is 0 Å². The summed E-state index contributed by atoms with van der Waals surface area (Å²) in [6, 6.07) is 0.00124. The summed E-state index contributed by atoms with van der Waals surface area (Å²) >= 11 is 0. The molecule has 1 heterocycles. The van der Waals surface area contributed by atoms with Gasteiger partial charge in [-0.25, -0.2) is 4.79 Å². The normalized spacial score (nSPS) is 17.6. The number of urea groups is 1. The summed E-state index contributed by atoms with van der Waals surface area (Å²) in [5.41, 5.74) is 0. The lowest BCUT2D eigenvalue weighted by atomic mass is 9.97. The zero-order valence-corrected chi connectivity index (χ0v) is 9.27. The molecule has 5 heteroatoms. The highest BCUT2D eigenvalue weighted by molar-refractivity contribution is 5.75. The van der Waals surface area contributed by atoms with E-state index in [0.717, 1.165) is 0 Å². The average molecular weight is 214 g/mol. The van der Waals surface area contributed by atoms with Crippen molar-refractivity contribution in [2.24, 2.45) is 5.92 Å². The first-order valence-corrected chi connectivity index (χ1v) is 5.29. The monoisotopic (exact) mass is 214 g/mol. The van der Waals surface area contributed by atoms with E-state index >= 15 is 0 Å². The van der Waals surface area contributed by atoms with Crippen LogP contribution in [0.15, 0.2) is 0 Å². The fraction of sp³-hybridized carbons (Fsp3) is 0.800. The van der Waals surface area contributed by atoms with Gasteiger partial charge < -0.3 is 14.9 Å². The largest absolute Gasteiger partial charge is 0.481 e. The van der Waals surface area contributed by atoms with E-state index in [0.29, 0.717) is 32.5 Å². The van der Waals surface area contributed by atoms with Crippen LogP contribution in [0.25, 0.3) is 0 Å². The van der Waals surface area contributed by atoms with Crippen LogP contribution in [0.1, 0.15) is 19.8 Å². The number of aliphatic carboxylic acids is 1. The third kappa shape index (κ3) is 2.84. The highest BCUT2D eigenvalue weighted by Crippen LogP contribution is 2.17. The van der Waals surface area contributed by atoms with Gasteiger partial charge in [0, 0.05) is 26.7 Å². The lowest BCUT2D eigenvalue weighted by Gasteiger charge is -2.32. The van der Waals surface area contributed by atoms with E-state index in [4.69, 9.17) is 5.11 Å². The summed E-state index contributed by atoms with van der Waals surface area (Å²) in [7, 11) is 1.76. The van der Waals surface area contributed by atoms with Crippen molar-refractivity contribution in [3.8, 4) is 0 Å². The number of amides is 2. The maximum atomic E-state index is 11.7. The van der Waals surface area contributed by atoms with Crippen LogP contribution in [0, 0.1) is 5.92 Å². The Labute approximate surface area is 89.7 Å². The molecule has 0 aromatic heterocycles. The summed E-state index contributed by atoms with van der Waals surface area (Å²) in [5, 5.41) is 8.80. The summed E-state index contributed by atoms with van der Waals surface area (Å²) in [5.74, 6) is -1.02. The predicted molar refractivity (Wildman–Crippen MR) is 55.6 cm³/mol. The highest BCUT2D eigenvalue weighted by Gasteiger charge is 2.27. The molecule has 0 spiro atoms. The fourth-order valence-corrected chi connectivity index (χ4v) is 1.69. The number of carbonyl (C=O) groups excluding carboxylic acids is 1. The maximum Gasteiger partial charge on any atom is 0.319 e. The molecular weight excluding hydrogens is 196 g/mol. The number of likely N-dealkylation sites (tertiary alicyclic amines) is 1. The molecule has 0 radical (unpaired) electrons. The van der Waals surface area contributed by atoms with Crippen molar-refractivity contribution in [1.82, 2.24) is 9.80 Å². The molecule has 1 rings (SSSR count). The smallest absolute Gasteiger partial charge is 0.319 e. The number of hydrogen-bond donors (Lipinski definition) is 1. The van der Waals surface area contributed by atoms with Gasteiger partial charge in [-0.3, -0.25) is 4.79 Å². The second-order valence-corrected chi connectivity index (χ2v) is 3.90. The highest BCUT2D eigenvalue weighted by atomic mass is 16.4. The minimum Gasteiger partial charge on any atom is -0.481 e. The Bertz CT molecular complexity index is 247. The number of nitrogens with zero attached hydrogens (tertiary/aromatic N) is 2. The molecule has 0 bridgehead atoms. The quantitative estimate of drug-likeness (QED) is 0.741. The molecule has 5 nitrogen and oxygen atoms in total. The summed E-state index contributed by atoms with van der Waals surface area (Å²) in [6.45, 7) is 3.71. The first-order valence-electron chi connectivity index (χ1n) is 5.29. The molecule has 0 atom stereocenters. The molecule has 1 fully saturated rings. The second-order valence-electron chi connectivity index (χ2n) is 3.90. The molecule has 86 valence electrons. The van der Waals surface area contributed by atoms with Crippen molar-refractivity contribution in [1.29, 1.82) is 0 Å². The van der Waals surface area contributed by atoms with E-state index in [1.807, 2.05) is 6.92 Å². The minimum absolute atomic E-state index is 0.00124. The molecule has 0 aromatic rings. The van der Waals surface area contributed by atoms with Crippen LogP contribution in [-0.4, -0.2) is 53.6 Å². The number of hydrogen-bond acceptors (Lipinski definition) is 2. The minimum atomic E-state index is -0.744. The molecule has 1 saturated heterocycles. The number of carboxylic acids is 1. The molecule has 0 unspecified atom stereocenters. The predicted octanol–water partition coefficient (Wildman–Crippen LogP) is 0.855. The van der Waals surface area contributed by atoms with Crippen LogP contribution in [0.4, 0.5) is 4.79 Å². The van der Waals surface area contributed by atoms with Crippen LogP contribution >= 0.6 is 0 Å². The van der Waals surface area contributed by atoms with Gasteiger partial charge >= 0.3 is 12.0 Å². The number of piperidine rings is 1.